The van der Waals surface area contributed by atoms with E-state index in [4.69, 9.17) is 0 Å². The second-order valence-electron chi connectivity index (χ2n) is 6.78. The molecule has 108 valence electrons. The van der Waals surface area contributed by atoms with E-state index in [1.54, 1.807) is 0 Å². The van der Waals surface area contributed by atoms with Gasteiger partial charge in [-0.25, -0.2) is 0 Å². The van der Waals surface area contributed by atoms with Gasteiger partial charge in [-0.1, -0.05) is 20.8 Å². The van der Waals surface area contributed by atoms with Crippen molar-refractivity contribution in [3.05, 3.63) is 12.4 Å². The lowest BCUT2D eigenvalue weighted by atomic mass is 9.71. The SMILES string of the molecule is CNC1CCC(C(C)(C)C)CC1Sc1cnn(C)c1. The van der Waals surface area contributed by atoms with Gasteiger partial charge in [0.2, 0.25) is 0 Å². The molecule has 1 aromatic rings. The Kier molecular flexibility index (Phi) is 4.62. The predicted octanol–water partition coefficient (Wildman–Crippen LogP) is 3.32. The van der Waals surface area contributed by atoms with E-state index in [0.29, 0.717) is 16.7 Å². The Balaban J connectivity index is 2.05. The summed E-state index contributed by atoms with van der Waals surface area (Å²) in [5, 5.41) is 8.44. The second kappa shape index (κ2) is 5.88. The van der Waals surface area contributed by atoms with E-state index in [-0.39, 0.29) is 0 Å². The molecule has 1 fully saturated rings. The largest absolute Gasteiger partial charge is 0.316 e. The Morgan fingerprint density at radius 2 is 2.11 bits per heavy atom. The second-order valence-corrected chi connectivity index (χ2v) is 8.09. The maximum absolute atomic E-state index is 4.28. The van der Waals surface area contributed by atoms with Crippen LogP contribution in [-0.2, 0) is 7.05 Å². The average molecular weight is 281 g/mol. The standard InChI is InChI=1S/C15H27N3S/c1-15(2,3)11-6-7-13(16-4)14(8-11)19-12-9-17-18(5)10-12/h9-11,13-14,16H,6-8H2,1-5H3. The molecule has 1 aromatic heterocycles. The lowest BCUT2D eigenvalue weighted by Gasteiger charge is -2.41. The summed E-state index contributed by atoms with van der Waals surface area (Å²) in [4.78, 5) is 1.29. The maximum Gasteiger partial charge on any atom is 0.0625 e. The first-order valence-corrected chi connectivity index (χ1v) is 8.10. The zero-order chi connectivity index (χ0) is 14.0. The van der Waals surface area contributed by atoms with Crippen LogP contribution in [0.2, 0.25) is 0 Å². The molecule has 0 amide bonds. The molecule has 1 saturated carbocycles. The van der Waals surface area contributed by atoms with Crippen LogP contribution in [0.25, 0.3) is 0 Å². The van der Waals surface area contributed by atoms with Gasteiger partial charge in [-0.15, -0.1) is 11.8 Å². The van der Waals surface area contributed by atoms with Gasteiger partial charge in [-0.2, -0.15) is 5.10 Å². The highest BCUT2D eigenvalue weighted by Crippen LogP contribution is 2.43. The molecule has 0 aromatic carbocycles. The third-order valence-corrected chi connectivity index (χ3v) is 5.66. The van der Waals surface area contributed by atoms with Crippen LogP contribution in [0.3, 0.4) is 0 Å². The normalized spacial score (nSPS) is 28.6. The summed E-state index contributed by atoms with van der Waals surface area (Å²) < 4.78 is 1.89. The molecule has 3 nitrogen and oxygen atoms in total. The molecule has 19 heavy (non-hydrogen) atoms. The Labute approximate surface area is 121 Å². The number of thioether (sulfide) groups is 1. The number of aromatic nitrogens is 2. The van der Waals surface area contributed by atoms with Gasteiger partial charge in [0.15, 0.2) is 0 Å². The van der Waals surface area contributed by atoms with Crippen LogP contribution >= 0.6 is 11.8 Å². The summed E-state index contributed by atoms with van der Waals surface area (Å²) >= 11 is 1.99. The molecule has 1 aliphatic carbocycles. The monoisotopic (exact) mass is 281 g/mol. The molecule has 1 aliphatic rings. The molecular weight excluding hydrogens is 254 g/mol. The van der Waals surface area contributed by atoms with Gasteiger partial charge in [0.1, 0.15) is 0 Å². The zero-order valence-electron chi connectivity index (χ0n) is 12.8. The fourth-order valence-corrected chi connectivity index (χ4v) is 4.45. The predicted molar refractivity (Wildman–Crippen MR) is 82.5 cm³/mol. The van der Waals surface area contributed by atoms with Crippen LogP contribution in [0.15, 0.2) is 17.3 Å². The Morgan fingerprint density at radius 3 is 2.63 bits per heavy atom. The Morgan fingerprint density at radius 1 is 1.37 bits per heavy atom. The average Bonchev–Trinajstić information content (AvgIpc) is 2.73. The minimum atomic E-state index is 0.423. The number of nitrogens with zero attached hydrogens (tertiary/aromatic N) is 2. The van der Waals surface area contributed by atoms with Crippen molar-refractivity contribution in [2.24, 2.45) is 18.4 Å². The minimum absolute atomic E-state index is 0.423. The van der Waals surface area contributed by atoms with Crippen molar-refractivity contribution < 1.29 is 0 Å². The number of nitrogens with one attached hydrogen (secondary N) is 1. The summed E-state index contributed by atoms with van der Waals surface area (Å²) in [5.74, 6) is 0.825. The molecule has 1 N–H and O–H groups in total. The van der Waals surface area contributed by atoms with E-state index < -0.39 is 0 Å². The molecule has 1 heterocycles. The van der Waals surface area contributed by atoms with Gasteiger partial charge >= 0.3 is 0 Å². The van der Waals surface area contributed by atoms with Crippen molar-refractivity contribution in [1.82, 2.24) is 15.1 Å². The van der Waals surface area contributed by atoms with Gasteiger partial charge in [0.25, 0.3) is 0 Å². The van der Waals surface area contributed by atoms with Crippen LogP contribution < -0.4 is 5.32 Å². The van der Waals surface area contributed by atoms with Crippen molar-refractivity contribution >= 4 is 11.8 Å². The summed E-state index contributed by atoms with van der Waals surface area (Å²) in [7, 11) is 4.08. The first-order valence-electron chi connectivity index (χ1n) is 7.22. The summed E-state index contributed by atoms with van der Waals surface area (Å²) in [5.41, 5.74) is 0.423. The molecule has 2 rings (SSSR count). The van der Waals surface area contributed by atoms with Gasteiger partial charge in [-0.3, -0.25) is 4.68 Å². The molecule has 0 saturated heterocycles. The first kappa shape index (κ1) is 14.9. The van der Waals surface area contributed by atoms with E-state index in [1.165, 1.54) is 24.2 Å². The molecule has 3 unspecified atom stereocenters. The lowest BCUT2D eigenvalue weighted by molar-refractivity contribution is 0.167. The number of hydrogen-bond acceptors (Lipinski definition) is 3. The quantitative estimate of drug-likeness (QED) is 0.922. The van der Waals surface area contributed by atoms with E-state index in [1.807, 2.05) is 29.7 Å². The molecular formula is C15H27N3S. The fraction of sp³-hybridized carbons (Fsp3) is 0.800. The first-order chi connectivity index (χ1) is 8.90. The molecule has 0 aliphatic heterocycles. The highest BCUT2D eigenvalue weighted by Gasteiger charge is 2.35. The van der Waals surface area contributed by atoms with Crippen molar-refractivity contribution in [3.8, 4) is 0 Å². The zero-order valence-corrected chi connectivity index (χ0v) is 13.6. The van der Waals surface area contributed by atoms with Crippen molar-refractivity contribution in [1.29, 1.82) is 0 Å². The van der Waals surface area contributed by atoms with Crippen molar-refractivity contribution in [2.75, 3.05) is 7.05 Å². The highest BCUT2D eigenvalue weighted by molar-refractivity contribution is 8.00. The number of hydrogen-bond donors (Lipinski definition) is 1. The summed E-state index contributed by atoms with van der Waals surface area (Å²) in [6.45, 7) is 7.13. The van der Waals surface area contributed by atoms with Gasteiger partial charge in [0, 0.05) is 29.4 Å². The van der Waals surface area contributed by atoms with Gasteiger partial charge in [-0.05, 0) is 37.6 Å². The van der Waals surface area contributed by atoms with E-state index in [9.17, 15) is 0 Å². The smallest absolute Gasteiger partial charge is 0.0625 e. The van der Waals surface area contributed by atoms with Gasteiger partial charge in [0.05, 0.1) is 6.20 Å². The van der Waals surface area contributed by atoms with E-state index in [2.05, 4.69) is 44.4 Å². The maximum atomic E-state index is 4.28. The van der Waals surface area contributed by atoms with Crippen LogP contribution in [0, 0.1) is 11.3 Å². The third-order valence-electron chi connectivity index (χ3n) is 4.36. The summed E-state index contributed by atoms with van der Waals surface area (Å²) in [6.07, 6.45) is 8.04. The molecule has 0 spiro atoms. The van der Waals surface area contributed by atoms with Crippen molar-refractivity contribution in [2.45, 2.75) is 56.2 Å². The van der Waals surface area contributed by atoms with Crippen LogP contribution in [0.5, 0.6) is 0 Å². The number of aryl methyl sites for hydroxylation is 1. The van der Waals surface area contributed by atoms with Crippen LogP contribution in [-0.4, -0.2) is 28.1 Å². The van der Waals surface area contributed by atoms with Crippen LogP contribution in [0.4, 0.5) is 0 Å². The topological polar surface area (TPSA) is 29.9 Å². The molecule has 0 radical (unpaired) electrons. The molecule has 0 bridgehead atoms. The van der Waals surface area contributed by atoms with E-state index in [0.717, 1.165) is 5.92 Å². The van der Waals surface area contributed by atoms with E-state index >= 15 is 0 Å². The molecule has 4 heteroatoms. The number of rotatable bonds is 3. The third kappa shape index (κ3) is 3.76. The minimum Gasteiger partial charge on any atom is -0.316 e. The van der Waals surface area contributed by atoms with Crippen molar-refractivity contribution in [3.63, 3.8) is 0 Å². The lowest BCUT2D eigenvalue weighted by Crippen LogP contribution is -2.43. The Hall–Kier alpha value is -0.480. The summed E-state index contributed by atoms with van der Waals surface area (Å²) in [6, 6.07) is 0.629. The van der Waals surface area contributed by atoms with Gasteiger partial charge < -0.3 is 5.32 Å². The van der Waals surface area contributed by atoms with Crippen LogP contribution in [0.1, 0.15) is 40.0 Å². The Bertz CT molecular complexity index is 408. The fourth-order valence-electron chi connectivity index (χ4n) is 3.01. The molecule has 3 atom stereocenters. The highest BCUT2D eigenvalue weighted by atomic mass is 32.2.